The molecule has 1 fully saturated rings. The summed E-state index contributed by atoms with van der Waals surface area (Å²) >= 11 is 6.06. The van der Waals surface area contributed by atoms with Gasteiger partial charge in [0.25, 0.3) is 5.91 Å². The summed E-state index contributed by atoms with van der Waals surface area (Å²) in [6.45, 7) is 6.53. The minimum absolute atomic E-state index is 0.0936. The van der Waals surface area contributed by atoms with E-state index in [0.29, 0.717) is 53.5 Å². The first-order valence-electron chi connectivity index (χ1n) is 11.9. The first-order valence-corrected chi connectivity index (χ1v) is 12.3. The lowest BCUT2D eigenvalue weighted by Gasteiger charge is -2.31. The van der Waals surface area contributed by atoms with Crippen LogP contribution < -0.4 is 10.6 Å². The van der Waals surface area contributed by atoms with Crippen LogP contribution in [0.5, 0.6) is 0 Å². The summed E-state index contributed by atoms with van der Waals surface area (Å²) in [4.78, 5) is 32.3. The van der Waals surface area contributed by atoms with Crippen LogP contribution in [0.2, 0.25) is 5.02 Å². The highest BCUT2D eigenvalue weighted by Crippen LogP contribution is 2.24. The maximum absolute atomic E-state index is 13.1. The Kier molecular flexibility index (Phi) is 8.15. The van der Waals surface area contributed by atoms with Crippen LogP contribution in [0.15, 0.2) is 53.1 Å². The third-order valence-electron chi connectivity index (χ3n) is 5.89. The van der Waals surface area contributed by atoms with Crippen LogP contribution >= 0.6 is 11.6 Å². The maximum atomic E-state index is 13.1. The Hall–Kier alpha value is -3.23. The van der Waals surface area contributed by atoms with Crippen molar-refractivity contribution >= 4 is 29.1 Å². The van der Waals surface area contributed by atoms with Gasteiger partial charge in [-0.15, -0.1) is 0 Å². The zero-order valence-corrected chi connectivity index (χ0v) is 20.7. The molecule has 9 heteroatoms. The number of rotatable bonds is 8. The standard InChI is InChI=1S/C26H30ClN5O3/c1-17(2)14-28-26(34)21-10-3-4-11-22(21)29-25(33)19-8-6-12-32(15-19)16-23-30-24(31-35-23)18-7-5-9-20(27)13-18/h3-5,7,9-11,13,17,19H,6,8,12,14-16H2,1-2H3,(H,28,34)(H,29,33). The van der Waals surface area contributed by atoms with Crippen LogP contribution in [0.4, 0.5) is 5.69 Å². The number of anilines is 1. The molecule has 1 unspecified atom stereocenters. The first kappa shape index (κ1) is 24.9. The topological polar surface area (TPSA) is 100 Å². The fourth-order valence-corrected chi connectivity index (χ4v) is 4.28. The Balaban J connectivity index is 1.37. The number of carbonyl (C=O) groups excluding carboxylic acids is 2. The molecule has 0 aliphatic carbocycles. The van der Waals surface area contributed by atoms with Crippen molar-refractivity contribution in [1.82, 2.24) is 20.4 Å². The lowest BCUT2D eigenvalue weighted by Crippen LogP contribution is -2.40. The van der Waals surface area contributed by atoms with Crippen molar-refractivity contribution < 1.29 is 14.1 Å². The Labute approximate surface area is 210 Å². The van der Waals surface area contributed by atoms with Gasteiger partial charge in [-0.25, -0.2) is 0 Å². The highest BCUT2D eigenvalue weighted by atomic mass is 35.5. The summed E-state index contributed by atoms with van der Waals surface area (Å²) in [6.07, 6.45) is 1.66. The average molecular weight is 496 g/mol. The van der Waals surface area contributed by atoms with Crippen molar-refractivity contribution in [1.29, 1.82) is 0 Å². The van der Waals surface area contributed by atoms with Gasteiger partial charge in [0.1, 0.15) is 0 Å². The third-order valence-corrected chi connectivity index (χ3v) is 6.12. The molecule has 0 bridgehead atoms. The minimum atomic E-state index is -0.203. The fourth-order valence-electron chi connectivity index (χ4n) is 4.09. The van der Waals surface area contributed by atoms with Gasteiger partial charge in [-0.1, -0.05) is 54.9 Å². The summed E-state index contributed by atoms with van der Waals surface area (Å²) in [5.41, 5.74) is 1.78. The molecule has 0 spiro atoms. The largest absolute Gasteiger partial charge is 0.352 e. The number of likely N-dealkylation sites (tertiary alicyclic amines) is 1. The molecule has 4 rings (SSSR count). The van der Waals surface area contributed by atoms with Crippen molar-refractivity contribution in [3.8, 4) is 11.4 Å². The van der Waals surface area contributed by atoms with Gasteiger partial charge >= 0.3 is 0 Å². The Morgan fingerprint density at radius 2 is 2.03 bits per heavy atom. The number of amides is 2. The van der Waals surface area contributed by atoms with E-state index in [1.807, 2.05) is 32.0 Å². The van der Waals surface area contributed by atoms with Crippen LogP contribution in [0, 0.1) is 11.8 Å². The molecule has 1 aliphatic heterocycles. The molecule has 35 heavy (non-hydrogen) atoms. The van der Waals surface area contributed by atoms with E-state index in [-0.39, 0.29) is 17.7 Å². The van der Waals surface area contributed by atoms with Gasteiger partial charge in [0.15, 0.2) is 0 Å². The number of benzene rings is 2. The molecule has 8 nitrogen and oxygen atoms in total. The van der Waals surface area contributed by atoms with E-state index in [9.17, 15) is 9.59 Å². The van der Waals surface area contributed by atoms with Gasteiger partial charge in [0.05, 0.1) is 23.7 Å². The Morgan fingerprint density at radius 3 is 2.83 bits per heavy atom. The second kappa shape index (κ2) is 11.5. The van der Waals surface area contributed by atoms with Crippen LogP contribution in [0.3, 0.4) is 0 Å². The van der Waals surface area contributed by atoms with Crippen LogP contribution in [0.1, 0.15) is 42.9 Å². The SMILES string of the molecule is CC(C)CNC(=O)c1ccccc1NC(=O)C1CCCN(Cc2nc(-c3cccc(Cl)c3)no2)C1. The molecule has 2 amide bonds. The fraction of sp³-hybridized carbons (Fsp3) is 0.385. The van der Waals surface area contributed by atoms with Crippen molar-refractivity contribution in [3.05, 3.63) is 65.0 Å². The molecule has 1 atom stereocenters. The molecule has 0 radical (unpaired) electrons. The summed E-state index contributed by atoms with van der Waals surface area (Å²) in [5, 5.41) is 10.6. The van der Waals surface area contributed by atoms with Crippen molar-refractivity contribution in [2.45, 2.75) is 33.2 Å². The Bertz CT molecular complexity index is 1180. The highest BCUT2D eigenvalue weighted by Gasteiger charge is 2.28. The second-order valence-corrected chi connectivity index (χ2v) is 9.67. The molecule has 1 aromatic heterocycles. The number of aromatic nitrogens is 2. The van der Waals surface area contributed by atoms with Gasteiger partial charge in [-0.3, -0.25) is 14.5 Å². The normalized spacial score (nSPS) is 16.3. The summed E-state index contributed by atoms with van der Waals surface area (Å²) in [7, 11) is 0. The Morgan fingerprint density at radius 1 is 1.20 bits per heavy atom. The molecule has 1 aliphatic rings. The molecule has 184 valence electrons. The number of nitrogens with one attached hydrogen (secondary N) is 2. The lowest BCUT2D eigenvalue weighted by molar-refractivity contribution is -0.121. The molecule has 0 saturated carbocycles. The van der Waals surface area contributed by atoms with Gasteiger partial charge in [-0.2, -0.15) is 4.98 Å². The quantitative estimate of drug-likeness (QED) is 0.472. The number of nitrogens with zero attached hydrogens (tertiary/aromatic N) is 3. The van der Waals surface area contributed by atoms with E-state index in [4.69, 9.17) is 16.1 Å². The van der Waals surface area contributed by atoms with Crippen molar-refractivity contribution in [2.24, 2.45) is 11.8 Å². The van der Waals surface area contributed by atoms with Crippen molar-refractivity contribution in [2.75, 3.05) is 25.0 Å². The number of hydrogen-bond donors (Lipinski definition) is 2. The number of hydrogen-bond acceptors (Lipinski definition) is 6. The molecular formula is C26H30ClN5O3. The molecule has 2 aromatic carbocycles. The van der Waals surface area contributed by atoms with Crippen LogP contribution in [0.25, 0.3) is 11.4 Å². The smallest absolute Gasteiger partial charge is 0.253 e. The van der Waals surface area contributed by atoms with E-state index in [2.05, 4.69) is 25.7 Å². The predicted octanol–water partition coefficient (Wildman–Crippen LogP) is 4.63. The molecular weight excluding hydrogens is 466 g/mol. The zero-order chi connectivity index (χ0) is 24.8. The minimum Gasteiger partial charge on any atom is -0.352 e. The summed E-state index contributed by atoms with van der Waals surface area (Å²) in [6, 6.07) is 14.4. The molecule has 2 heterocycles. The van der Waals surface area contributed by atoms with Crippen molar-refractivity contribution in [3.63, 3.8) is 0 Å². The molecule has 3 aromatic rings. The zero-order valence-electron chi connectivity index (χ0n) is 20.0. The van der Waals surface area contributed by atoms with Gasteiger partial charge in [0, 0.05) is 23.7 Å². The van der Waals surface area contributed by atoms with Crippen LogP contribution in [-0.4, -0.2) is 46.5 Å². The predicted molar refractivity (Wildman–Crippen MR) is 135 cm³/mol. The highest BCUT2D eigenvalue weighted by molar-refractivity contribution is 6.30. The van der Waals surface area contributed by atoms with Gasteiger partial charge < -0.3 is 15.2 Å². The number of carbonyl (C=O) groups is 2. The third kappa shape index (κ3) is 6.68. The number of para-hydroxylation sites is 1. The summed E-state index contributed by atoms with van der Waals surface area (Å²) in [5.74, 6) is 0.838. The van der Waals surface area contributed by atoms with E-state index < -0.39 is 0 Å². The van der Waals surface area contributed by atoms with Gasteiger partial charge in [0.2, 0.25) is 17.6 Å². The first-order chi connectivity index (χ1) is 16.9. The van der Waals surface area contributed by atoms with E-state index in [1.165, 1.54) is 0 Å². The van der Waals surface area contributed by atoms with E-state index in [0.717, 1.165) is 24.9 Å². The second-order valence-electron chi connectivity index (χ2n) is 9.24. The molecule has 2 N–H and O–H groups in total. The average Bonchev–Trinajstić information content (AvgIpc) is 3.31. The van der Waals surface area contributed by atoms with Crippen LogP contribution in [-0.2, 0) is 11.3 Å². The summed E-state index contributed by atoms with van der Waals surface area (Å²) < 4.78 is 5.44. The number of halogens is 1. The van der Waals surface area contributed by atoms with E-state index >= 15 is 0 Å². The molecule has 1 saturated heterocycles. The monoisotopic (exact) mass is 495 g/mol. The lowest BCUT2D eigenvalue weighted by atomic mass is 9.96. The maximum Gasteiger partial charge on any atom is 0.253 e. The van der Waals surface area contributed by atoms with Gasteiger partial charge in [-0.05, 0) is 49.6 Å². The number of piperidine rings is 1. The van der Waals surface area contributed by atoms with E-state index in [1.54, 1.807) is 30.3 Å².